The molecular weight excluding hydrogens is 328 g/mol. The summed E-state index contributed by atoms with van der Waals surface area (Å²) in [5.74, 6) is -0.865. The van der Waals surface area contributed by atoms with Gasteiger partial charge in [-0.1, -0.05) is 37.3 Å². The highest BCUT2D eigenvalue weighted by molar-refractivity contribution is 6.00. The second-order valence-electron chi connectivity index (χ2n) is 6.30. The van der Waals surface area contributed by atoms with Crippen LogP contribution in [0.25, 0.3) is 0 Å². The van der Waals surface area contributed by atoms with Gasteiger partial charge < -0.3 is 9.64 Å². The van der Waals surface area contributed by atoms with Gasteiger partial charge in [-0.25, -0.2) is 0 Å². The van der Waals surface area contributed by atoms with Gasteiger partial charge in [-0.05, 0) is 35.7 Å². The smallest absolute Gasteiger partial charge is 0.311 e. The second kappa shape index (κ2) is 7.83. The van der Waals surface area contributed by atoms with E-state index in [1.165, 1.54) is 0 Å². The zero-order valence-corrected chi connectivity index (χ0v) is 14.6. The Morgan fingerprint density at radius 1 is 1.23 bits per heavy atom. The van der Waals surface area contributed by atoms with Gasteiger partial charge in [0.05, 0.1) is 17.6 Å². The maximum atomic E-state index is 12.4. The fraction of sp³-hybridized carbons (Fsp3) is 0.286. The number of amides is 1. The number of hydrogen-bond donors (Lipinski definition) is 0. The van der Waals surface area contributed by atoms with Crippen molar-refractivity contribution in [2.75, 3.05) is 11.4 Å². The van der Waals surface area contributed by atoms with Crippen LogP contribution in [0.2, 0.25) is 0 Å². The van der Waals surface area contributed by atoms with Crippen LogP contribution in [-0.2, 0) is 27.4 Å². The molecule has 1 saturated heterocycles. The third-order valence-corrected chi connectivity index (χ3v) is 4.59. The largest absolute Gasteiger partial charge is 0.461 e. The first kappa shape index (κ1) is 17.7. The molecule has 0 bridgehead atoms. The summed E-state index contributed by atoms with van der Waals surface area (Å²) in [5.41, 5.74) is 3.34. The van der Waals surface area contributed by atoms with Crippen molar-refractivity contribution in [3.8, 4) is 6.07 Å². The van der Waals surface area contributed by atoms with Gasteiger partial charge in [0.2, 0.25) is 5.91 Å². The molecule has 1 heterocycles. The van der Waals surface area contributed by atoms with Crippen LogP contribution >= 0.6 is 0 Å². The van der Waals surface area contributed by atoms with Crippen molar-refractivity contribution in [3.05, 3.63) is 65.2 Å². The highest BCUT2D eigenvalue weighted by Crippen LogP contribution is 2.29. The Labute approximate surface area is 152 Å². The number of carbonyl (C=O) groups is 2. The molecule has 132 valence electrons. The zero-order chi connectivity index (χ0) is 18.5. The van der Waals surface area contributed by atoms with Gasteiger partial charge in [-0.2, -0.15) is 5.26 Å². The van der Waals surface area contributed by atoms with Crippen molar-refractivity contribution in [1.29, 1.82) is 5.26 Å². The fourth-order valence-electron chi connectivity index (χ4n) is 3.12. The highest BCUT2D eigenvalue weighted by Gasteiger charge is 2.36. The summed E-state index contributed by atoms with van der Waals surface area (Å²) in [6, 6.07) is 16.7. The molecule has 5 nitrogen and oxygen atoms in total. The van der Waals surface area contributed by atoms with E-state index in [9.17, 15) is 9.59 Å². The molecule has 5 heteroatoms. The van der Waals surface area contributed by atoms with Crippen LogP contribution in [0.1, 0.15) is 30.0 Å². The third kappa shape index (κ3) is 3.75. The number of anilines is 1. The standard InChI is InChI=1S/C21H20N2O3/c1-2-17-5-3-4-6-19(17)23-13-18(11-20(23)24)21(25)26-14-16-9-7-15(12-22)8-10-16/h3-10,18H,2,11,13-14H2,1H3. The van der Waals surface area contributed by atoms with Crippen LogP contribution in [0.5, 0.6) is 0 Å². The maximum absolute atomic E-state index is 12.4. The van der Waals surface area contributed by atoms with Crippen molar-refractivity contribution in [1.82, 2.24) is 0 Å². The lowest BCUT2D eigenvalue weighted by molar-refractivity contribution is -0.149. The van der Waals surface area contributed by atoms with Gasteiger partial charge in [-0.3, -0.25) is 9.59 Å². The highest BCUT2D eigenvalue weighted by atomic mass is 16.5. The predicted octanol–water partition coefficient (Wildman–Crippen LogP) is 3.22. The second-order valence-corrected chi connectivity index (χ2v) is 6.30. The monoisotopic (exact) mass is 348 g/mol. The van der Waals surface area contributed by atoms with Crippen LogP contribution in [0, 0.1) is 17.2 Å². The van der Waals surface area contributed by atoms with E-state index in [1.807, 2.05) is 37.3 Å². The van der Waals surface area contributed by atoms with Crippen LogP contribution in [-0.4, -0.2) is 18.4 Å². The average molecular weight is 348 g/mol. The van der Waals surface area contributed by atoms with E-state index >= 15 is 0 Å². The van der Waals surface area contributed by atoms with E-state index in [1.54, 1.807) is 29.2 Å². The Bertz CT molecular complexity index is 852. The predicted molar refractivity (Wildman–Crippen MR) is 97.2 cm³/mol. The first-order chi connectivity index (χ1) is 12.6. The Kier molecular flexibility index (Phi) is 5.33. The van der Waals surface area contributed by atoms with E-state index in [2.05, 4.69) is 0 Å². The minimum atomic E-state index is -0.453. The Hall–Kier alpha value is -3.13. The molecular formula is C21H20N2O3. The molecule has 2 aromatic rings. The minimum Gasteiger partial charge on any atom is -0.461 e. The summed E-state index contributed by atoms with van der Waals surface area (Å²) in [4.78, 5) is 26.4. The Morgan fingerprint density at radius 3 is 2.65 bits per heavy atom. The first-order valence-electron chi connectivity index (χ1n) is 8.66. The Morgan fingerprint density at radius 2 is 1.96 bits per heavy atom. The van der Waals surface area contributed by atoms with Crippen molar-refractivity contribution in [2.24, 2.45) is 5.92 Å². The summed E-state index contributed by atoms with van der Waals surface area (Å²) in [6.07, 6.45) is 0.998. The summed E-state index contributed by atoms with van der Waals surface area (Å²) < 4.78 is 5.37. The van der Waals surface area contributed by atoms with Crippen LogP contribution in [0.3, 0.4) is 0 Å². The average Bonchev–Trinajstić information content (AvgIpc) is 3.08. The molecule has 1 atom stereocenters. The molecule has 0 aliphatic carbocycles. The van der Waals surface area contributed by atoms with Gasteiger partial charge in [0.15, 0.2) is 0 Å². The molecule has 0 N–H and O–H groups in total. The SMILES string of the molecule is CCc1ccccc1N1CC(C(=O)OCc2ccc(C#N)cc2)CC1=O. The number of aryl methyl sites for hydroxylation is 1. The van der Waals surface area contributed by atoms with Gasteiger partial charge in [0, 0.05) is 18.7 Å². The molecule has 1 fully saturated rings. The molecule has 0 saturated carbocycles. The summed E-state index contributed by atoms with van der Waals surface area (Å²) in [6.45, 7) is 2.53. The lowest BCUT2D eigenvalue weighted by atomic mass is 10.1. The van der Waals surface area contributed by atoms with Crippen LogP contribution < -0.4 is 4.90 Å². The lowest BCUT2D eigenvalue weighted by Crippen LogP contribution is -2.27. The lowest BCUT2D eigenvalue weighted by Gasteiger charge is -2.19. The molecule has 2 aromatic carbocycles. The number of hydrogen-bond acceptors (Lipinski definition) is 4. The van der Waals surface area contributed by atoms with E-state index in [-0.39, 0.29) is 24.9 Å². The van der Waals surface area contributed by atoms with Gasteiger partial charge in [0.1, 0.15) is 6.61 Å². The van der Waals surface area contributed by atoms with Crippen molar-refractivity contribution in [3.63, 3.8) is 0 Å². The topological polar surface area (TPSA) is 70.4 Å². The van der Waals surface area contributed by atoms with Crippen LogP contribution in [0.4, 0.5) is 5.69 Å². The van der Waals surface area contributed by atoms with Crippen molar-refractivity contribution in [2.45, 2.75) is 26.4 Å². The number of para-hydroxylation sites is 1. The van der Waals surface area contributed by atoms with E-state index in [0.717, 1.165) is 23.2 Å². The first-order valence-corrected chi connectivity index (χ1v) is 8.66. The fourth-order valence-corrected chi connectivity index (χ4v) is 3.12. The van der Waals surface area contributed by atoms with E-state index in [0.29, 0.717) is 12.1 Å². The number of nitriles is 1. The van der Waals surface area contributed by atoms with Crippen molar-refractivity contribution >= 4 is 17.6 Å². The normalized spacial score (nSPS) is 16.4. The number of ether oxygens (including phenoxy) is 1. The molecule has 1 aliphatic heterocycles. The molecule has 26 heavy (non-hydrogen) atoms. The van der Waals surface area contributed by atoms with E-state index < -0.39 is 5.92 Å². The van der Waals surface area contributed by atoms with Crippen molar-refractivity contribution < 1.29 is 14.3 Å². The van der Waals surface area contributed by atoms with Gasteiger partial charge in [-0.15, -0.1) is 0 Å². The number of esters is 1. The molecule has 1 unspecified atom stereocenters. The quantitative estimate of drug-likeness (QED) is 0.778. The molecule has 0 radical (unpaired) electrons. The number of carbonyl (C=O) groups excluding carboxylic acids is 2. The summed E-state index contributed by atoms with van der Waals surface area (Å²) in [7, 11) is 0. The summed E-state index contributed by atoms with van der Waals surface area (Å²) >= 11 is 0. The van der Waals surface area contributed by atoms with Gasteiger partial charge >= 0.3 is 5.97 Å². The van der Waals surface area contributed by atoms with Crippen LogP contribution in [0.15, 0.2) is 48.5 Å². The Balaban J connectivity index is 1.62. The van der Waals surface area contributed by atoms with E-state index in [4.69, 9.17) is 10.00 Å². The molecule has 3 rings (SSSR count). The maximum Gasteiger partial charge on any atom is 0.311 e. The minimum absolute atomic E-state index is 0.0498. The molecule has 0 spiro atoms. The number of nitrogens with zero attached hydrogens (tertiary/aromatic N) is 2. The number of rotatable bonds is 5. The zero-order valence-electron chi connectivity index (χ0n) is 14.6. The number of benzene rings is 2. The molecule has 0 aromatic heterocycles. The third-order valence-electron chi connectivity index (χ3n) is 4.59. The molecule has 1 aliphatic rings. The summed E-state index contributed by atoms with van der Waals surface area (Å²) in [5, 5.41) is 8.80. The van der Waals surface area contributed by atoms with Gasteiger partial charge in [0.25, 0.3) is 0 Å². The molecule has 1 amide bonds.